The van der Waals surface area contributed by atoms with Gasteiger partial charge < -0.3 is 9.47 Å². The van der Waals surface area contributed by atoms with Crippen molar-refractivity contribution < 1.29 is 22.7 Å². The number of halogens is 1. The van der Waals surface area contributed by atoms with Crippen molar-refractivity contribution in [2.45, 2.75) is 18.7 Å². The number of benzene rings is 3. The molecule has 0 aromatic heterocycles. The summed E-state index contributed by atoms with van der Waals surface area (Å²) in [5, 5.41) is 4.52. The molecule has 0 unspecified atom stereocenters. The molecule has 0 bridgehead atoms. The van der Waals surface area contributed by atoms with Crippen molar-refractivity contribution in [2.75, 3.05) is 24.6 Å². The van der Waals surface area contributed by atoms with Gasteiger partial charge in [-0.15, -0.1) is 0 Å². The van der Waals surface area contributed by atoms with E-state index in [2.05, 4.69) is 10.5 Å². The average molecular weight is 516 g/mol. The third-order valence-corrected chi connectivity index (χ3v) is 7.00. The maximum absolute atomic E-state index is 13.6. The number of carbonyl (C=O) groups is 1. The molecule has 0 saturated carbocycles. The number of amides is 1. The monoisotopic (exact) mass is 515 g/mol. The van der Waals surface area contributed by atoms with Gasteiger partial charge in [-0.05, 0) is 80.1 Å². The average Bonchev–Trinajstić information content (AvgIpc) is 2.86. The molecule has 0 aliphatic heterocycles. The smallest absolute Gasteiger partial charge is 0.264 e. The van der Waals surface area contributed by atoms with Gasteiger partial charge in [-0.2, -0.15) is 5.10 Å². The molecule has 0 aliphatic carbocycles. The molecule has 3 aromatic carbocycles. The molecule has 0 aliphatic rings. The molecule has 1 amide bonds. The minimum absolute atomic E-state index is 0.0149. The van der Waals surface area contributed by atoms with Gasteiger partial charge in [0.15, 0.2) is 0 Å². The van der Waals surface area contributed by atoms with Gasteiger partial charge in [-0.1, -0.05) is 23.7 Å². The summed E-state index contributed by atoms with van der Waals surface area (Å²) in [6, 6.07) is 19.5. The summed E-state index contributed by atoms with van der Waals surface area (Å²) in [5.74, 6) is 0.404. The Morgan fingerprint density at radius 3 is 2.31 bits per heavy atom. The largest absolute Gasteiger partial charge is 0.497 e. The summed E-state index contributed by atoms with van der Waals surface area (Å²) in [4.78, 5) is 12.8. The SMILES string of the molecule is CCOc1ccccc1N(CC(=O)N/N=C(/C)c1ccc(OC)cc1)S(=O)(=O)c1ccc(Cl)cc1. The zero-order valence-corrected chi connectivity index (χ0v) is 21.1. The highest BCUT2D eigenvalue weighted by Crippen LogP contribution is 2.32. The first-order valence-corrected chi connectivity index (χ1v) is 12.6. The second-order valence-electron chi connectivity index (χ2n) is 7.33. The lowest BCUT2D eigenvalue weighted by Crippen LogP contribution is -2.40. The Morgan fingerprint density at radius 2 is 1.69 bits per heavy atom. The molecule has 35 heavy (non-hydrogen) atoms. The third-order valence-electron chi connectivity index (χ3n) is 4.98. The number of rotatable bonds is 10. The molecule has 10 heteroatoms. The number of hydrogen-bond donors (Lipinski definition) is 1. The minimum atomic E-state index is -4.13. The summed E-state index contributed by atoms with van der Waals surface area (Å²) in [6.07, 6.45) is 0. The van der Waals surface area contributed by atoms with E-state index in [1.807, 2.05) is 0 Å². The topological polar surface area (TPSA) is 97.3 Å². The molecule has 0 heterocycles. The van der Waals surface area contributed by atoms with Crippen molar-refractivity contribution >= 4 is 38.9 Å². The molecule has 0 fully saturated rings. The number of ether oxygens (including phenoxy) is 2. The predicted molar refractivity (Wildman–Crippen MR) is 137 cm³/mol. The second kappa shape index (κ2) is 11.7. The molecule has 0 saturated heterocycles. The maximum Gasteiger partial charge on any atom is 0.264 e. The fraction of sp³-hybridized carbons (Fsp3) is 0.200. The molecule has 3 rings (SSSR count). The van der Waals surface area contributed by atoms with Crippen molar-refractivity contribution in [3.05, 3.63) is 83.4 Å². The third kappa shape index (κ3) is 6.52. The normalized spacial score (nSPS) is 11.6. The number of hydrazone groups is 1. The van der Waals surface area contributed by atoms with E-state index in [9.17, 15) is 13.2 Å². The van der Waals surface area contributed by atoms with Crippen LogP contribution in [-0.2, 0) is 14.8 Å². The van der Waals surface area contributed by atoms with Crippen LogP contribution in [-0.4, -0.2) is 40.3 Å². The van der Waals surface area contributed by atoms with Crippen LogP contribution in [0.4, 0.5) is 5.69 Å². The van der Waals surface area contributed by atoms with Crippen LogP contribution in [0, 0.1) is 0 Å². The standard InChI is InChI=1S/C25H26ClN3O5S/c1-4-34-24-8-6-5-7-23(24)29(35(31,32)22-15-11-20(26)12-16-22)17-25(30)28-27-18(2)19-9-13-21(33-3)14-10-19/h5-16H,4,17H2,1-3H3,(H,28,30)/b27-18-. The van der Waals surface area contributed by atoms with Crippen LogP contribution in [0.15, 0.2) is 82.8 Å². The molecular weight excluding hydrogens is 490 g/mol. The number of hydrogen-bond acceptors (Lipinski definition) is 6. The van der Waals surface area contributed by atoms with Crippen molar-refractivity contribution in [1.29, 1.82) is 0 Å². The Bertz CT molecular complexity index is 1290. The van der Waals surface area contributed by atoms with Crippen molar-refractivity contribution in [3.63, 3.8) is 0 Å². The van der Waals surface area contributed by atoms with Crippen LogP contribution >= 0.6 is 11.6 Å². The van der Waals surface area contributed by atoms with Crippen molar-refractivity contribution in [2.24, 2.45) is 5.10 Å². The highest BCUT2D eigenvalue weighted by Gasteiger charge is 2.29. The first-order chi connectivity index (χ1) is 16.8. The Morgan fingerprint density at radius 1 is 1.03 bits per heavy atom. The lowest BCUT2D eigenvalue weighted by atomic mass is 10.1. The summed E-state index contributed by atoms with van der Waals surface area (Å²) in [6.45, 7) is 3.32. The van der Waals surface area contributed by atoms with Crippen molar-refractivity contribution in [3.8, 4) is 11.5 Å². The van der Waals surface area contributed by atoms with E-state index in [1.54, 1.807) is 69.5 Å². The summed E-state index contributed by atoms with van der Waals surface area (Å²) >= 11 is 5.93. The van der Waals surface area contributed by atoms with Gasteiger partial charge in [-0.3, -0.25) is 9.10 Å². The molecule has 8 nitrogen and oxygen atoms in total. The van der Waals surface area contributed by atoms with Crippen LogP contribution in [0.2, 0.25) is 5.02 Å². The van der Waals surface area contributed by atoms with Crippen LogP contribution in [0.5, 0.6) is 11.5 Å². The first kappa shape index (κ1) is 26.1. The zero-order chi connectivity index (χ0) is 25.4. The summed E-state index contributed by atoms with van der Waals surface area (Å²) < 4.78 is 38.9. The van der Waals surface area contributed by atoms with E-state index < -0.39 is 22.5 Å². The number of nitrogens with zero attached hydrogens (tertiary/aromatic N) is 2. The number of para-hydroxylation sites is 2. The highest BCUT2D eigenvalue weighted by molar-refractivity contribution is 7.92. The quantitative estimate of drug-likeness (QED) is 0.317. The highest BCUT2D eigenvalue weighted by atomic mass is 35.5. The van der Waals surface area contributed by atoms with E-state index in [1.165, 1.54) is 24.3 Å². The lowest BCUT2D eigenvalue weighted by Gasteiger charge is -2.25. The van der Waals surface area contributed by atoms with Gasteiger partial charge in [0, 0.05) is 5.02 Å². The Balaban J connectivity index is 1.90. The number of methoxy groups -OCH3 is 1. The van der Waals surface area contributed by atoms with E-state index in [-0.39, 0.29) is 10.6 Å². The van der Waals surface area contributed by atoms with Gasteiger partial charge in [-0.25, -0.2) is 13.8 Å². The molecular formula is C25H26ClN3O5S. The van der Waals surface area contributed by atoms with Crippen LogP contribution in [0.3, 0.4) is 0 Å². The zero-order valence-electron chi connectivity index (χ0n) is 19.6. The van der Waals surface area contributed by atoms with E-state index in [0.29, 0.717) is 28.8 Å². The molecule has 1 N–H and O–H groups in total. The van der Waals surface area contributed by atoms with Gasteiger partial charge in [0.25, 0.3) is 15.9 Å². The van der Waals surface area contributed by atoms with Gasteiger partial charge >= 0.3 is 0 Å². The molecule has 0 atom stereocenters. The summed E-state index contributed by atoms with van der Waals surface area (Å²) in [5.41, 5.74) is 4.00. The Kier molecular flexibility index (Phi) is 8.73. The minimum Gasteiger partial charge on any atom is -0.497 e. The first-order valence-electron chi connectivity index (χ1n) is 10.7. The Labute approximate surface area is 210 Å². The second-order valence-corrected chi connectivity index (χ2v) is 9.63. The van der Waals surface area contributed by atoms with E-state index >= 15 is 0 Å². The number of anilines is 1. The van der Waals surface area contributed by atoms with Gasteiger partial charge in [0.2, 0.25) is 0 Å². The molecule has 0 spiro atoms. The van der Waals surface area contributed by atoms with Crippen LogP contribution in [0.1, 0.15) is 19.4 Å². The van der Waals surface area contributed by atoms with Gasteiger partial charge in [0.05, 0.1) is 30.0 Å². The number of nitrogens with one attached hydrogen (secondary N) is 1. The van der Waals surface area contributed by atoms with E-state index in [4.69, 9.17) is 21.1 Å². The molecule has 184 valence electrons. The Hall–Kier alpha value is -3.56. The van der Waals surface area contributed by atoms with Crippen molar-refractivity contribution in [1.82, 2.24) is 5.43 Å². The lowest BCUT2D eigenvalue weighted by molar-refractivity contribution is -0.119. The maximum atomic E-state index is 13.6. The fourth-order valence-electron chi connectivity index (χ4n) is 3.18. The fourth-order valence-corrected chi connectivity index (χ4v) is 4.74. The number of carbonyl (C=O) groups excluding carboxylic acids is 1. The van der Waals surface area contributed by atoms with Gasteiger partial charge in [0.1, 0.15) is 18.0 Å². The number of sulfonamides is 1. The van der Waals surface area contributed by atoms with Crippen LogP contribution in [0.25, 0.3) is 0 Å². The molecule has 0 radical (unpaired) electrons. The van der Waals surface area contributed by atoms with Crippen LogP contribution < -0.4 is 19.2 Å². The molecule has 3 aromatic rings. The van der Waals surface area contributed by atoms with E-state index in [0.717, 1.165) is 9.87 Å². The summed E-state index contributed by atoms with van der Waals surface area (Å²) in [7, 11) is -2.56. The predicted octanol–water partition coefficient (Wildman–Crippen LogP) is 4.48.